The van der Waals surface area contributed by atoms with Crippen molar-refractivity contribution < 1.29 is 27.1 Å². The van der Waals surface area contributed by atoms with Gasteiger partial charge in [0, 0.05) is 25.4 Å². The van der Waals surface area contributed by atoms with Gasteiger partial charge in [-0.25, -0.2) is 22.3 Å². The summed E-state index contributed by atoms with van der Waals surface area (Å²) >= 11 is 0. The van der Waals surface area contributed by atoms with Gasteiger partial charge in [0.05, 0.1) is 42.4 Å². The smallest absolute Gasteiger partial charge is 0.414 e. The fraction of sp³-hybridized carbons (Fsp3) is 0.455. The second kappa shape index (κ2) is 9.53. The SMILES string of the molecule is CCN(C)C(=O)Cc1cn(CC2CN(c3ccc(C4=CCS(=O)(=O)CC4)c(F)c3)C(=O)O2)nn1. The molecule has 1 aromatic heterocycles. The lowest BCUT2D eigenvalue weighted by Gasteiger charge is -2.17. The van der Waals surface area contributed by atoms with Gasteiger partial charge in [-0.15, -0.1) is 5.10 Å². The van der Waals surface area contributed by atoms with Crippen LogP contribution in [-0.4, -0.2) is 78.1 Å². The van der Waals surface area contributed by atoms with Crippen LogP contribution < -0.4 is 4.90 Å². The van der Waals surface area contributed by atoms with Crippen LogP contribution in [0.3, 0.4) is 0 Å². The quantitative estimate of drug-likeness (QED) is 0.579. The van der Waals surface area contributed by atoms with Crippen molar-refractivity contribution in [3.05, 3.63) is 47.5 Å². The van der Waals surface area contributed by atoms with Crippen LogP contribution in [0.5, 0.6) is 0 Å². The molecule has 1 fully saturated rings. The van der Waals surface area contributed by atoms with Crippen molar-refractivity contribution >= 4 is 33.1 Å². The molecule has 2 aliphatic heterocycles. The van der Waals surface area contributed by atoms with Gasteiger partial charge in [-0.2, -0.15) is 0 Å². The maximum atomic E-state index is 14.8. The van der Waals surface area contributed by atoms with E-state index in [2.05, 4.69) is 10.3 Å². The third-order valence-corrected chi connectivity index (χ3v) is 7.46. The van der Waals surface area contributed by atoms with E-state index in [0.717, 1.165) is 0 Å². The number of aromatic nitrogens is 3. The summed E-state index contributed by atoms with van der Waals surface area (Å²) in [7, 11) is -1.39. The Morgan fingerprint density at radius 2 is 2.15 bits per heavy atom. The molecule has 0 spiro atoms. The minimum Gasteiger partial charge on any atom is -0.442 e. The molecule has 1 unspecified atom stereocenters. The fourth-order valence-electron chi connectivity index (χ4n) is 3.87. The van der Waals surface area contributed by atoms with Crippen LogP contribution in [0.2, 0.25) is 0 Å². The van der Waals surface area contributed by atoms with Crippen molar-refractivity contribution in [2.24, 2.45) is 0 Å². The van der Waals surface area contributed by atoms with Gasteiger partial charge in [-0.05, 0) is 37.1 Å². The van der Waals surface area contributed by atoms with Crippen molar-refractivity contribution in [2.75, 3.05) is 36.5 Å². The number of carbonyl (C=O) groups excluding carboxylic acids is 2. The van der Waals surface area contributed by atoms with Gasteiger partial charge < -0.3 is 9.64 Å². The predicted octanol–water partition coefficient (Wildman–Crippen LogP) is 1.67. The lowest BCUT2D eigenvalue weighted by molar-refractivity contribution is -0.129. The Morgan fingerprint density at radius 1 is 1.35 bits per heavy atom. The first kappa shape index (κ1) is 23.9. The molecule has 34 heavy (non-hydrogen) atoms. The average molecular weight is 492 g/mol. The summed E-state index contributed by atoms with van der Waals surface area (Å²) in [5, 5.41) is 8.01. The number of carbonyl (C=O) groups is 2. The summed E-state index contributed by atoms with van der Waals surface area (Å²) in [6.45, 7) is 2.93. The number of hydrogen-bond donors (Lipinski definition) is 0. The fourth-order valence-corrected chi connectivity index (χ4v) is 5.02. The average Bonchev–Trinajstić information content (AvgIpc) is 3.39. The van der Waals surface area contributed by atoms with E-state index >= 15 is 0 Å². The topological polar surface area (TPSA) is 115 Å². The second-order valence-electron chi connectivity index (χ2n) is 8.39. The molecule has 2 amide bonds. The van der Waals surface area contributed by atoms with E-state index in [1.54, 1.807) is 30.3 Å². The molecule has 1 atom stereocenters. The maximum absolute atomic E-state index is 14.8. The van der Waals surface area contributed by atoms with Crippen molar-refractivity contribution in [2.45, 2.75) is 32.4 Å². The lowest BCUT2D eigenvalue weighted by Crippen LogP contribution is -2.27. The number of anilines is 1. The largest absolute Gasteiger partial charge is 0.442 e. The minimum atomic E-state index is -3.11. The zero-order valence-electron chi connectivity index (χ0n) is 19.0. The van der Waals surface area contributed by atoms with Gasteiger partial charge in [0.15, 0.2) is 9.84 Å². The third kappa shape index (κ3) is 5.27. The molecule has 0 aliphatic carbocycles. The van der Waals surface area contributed by atoms with Crippen LogP contribution in [0.25, 0.3) is 5.57 Å². The second-order valence-corrected chi connectivity index (χ2v) is 10.6. The molecule has 0 N–H and O–H groups in total. The van der Waals surface area contributed by atoms with Crippen LogP contribution in [0.1, 0.15) is 24.6 Å². The van der Waals surface area contributed by atoms with E-state index in [4.69, 9.17) is 4.74 Å². The standard InChI is InChI=1S/C22H26FN5O5S/c1-3-26(2)21(29)10-16-12-27(25-24-16)13-18-14-28(22(30)33-18)17-4-5-19(20(23)11-17)15-6-8-34(31,32)9-7-15/h4-6,11-12,18H,3,7-10,13-14H2,1-2H3. The van der Waals surface area contributed by atoms with E-state index in [-0.39, 0.29) is 43.3 Å². The number of ether oxygens (including phenoxy) is 1. The number of allylic oxidation sites excluding steroid dienone is 1. The first-order chi connectivity index (χ1) is 16.1. The van der Waals surface area contributed by atoms with Crippen LogP contribution in [0.15, 0.2) is 30.5 Å². The highest BCUT2D eigenvalue weighted by Gasteiger charge is 2.33. The molecule has 4 rings (SSSR count). The normalized spacial score (nSPS) is 19.6. The Kier molecular flexibility index (Phi) is 6.69. The number of sulfone groups is 1. The number of hydrogen-bond acceptors (Lipinski definition) is 7. The Labute approximate surface area is 196 Å². The lowest BCUT2D eigenvalue weighted by atomic mass is 10.0. The number of cyclic esters (lactones) is 1. The van der Waals surface area contributed by atoms with Gasteiger partial charge in [-0.3, -0.25) is 9.69 Å². The van der Waals surface area contributed by atoms with Crippen molar-refractivity contribution in [3.63, 3.8) is 0 Å². The highest BCUT2D eigenvalue weighted by molar-refractivity contribution is 7.91. The summed E-state index contributed by atoms with van der Waals surface area (Å²) in [6, 6.07) is 4.44. The summed E-state index contributed by atoms with van der Waals surface area (Å²) < 4.78 is 45.0. The number of nitrogens with zero attached hydrogens (tertiary/aromatic N) is 5. The molecule has 3 heterocycles. The Bertz CT molecular complexity index is 1240. The molecule has 1 aromatic carbocycles. The summed E-state index contributed by atoms with van der Waals surface area (Å²) in [6.07, 6.45) is 2.45. The van der Waals surface area contributed by atoms with Crippen molar-refractivity contribution in [1.29, 1.82) is 0 Å². The predicted molar refractivity (Wildman–Crippen MR) is 122 cm³/mol. The third-order valence-electron chi connectivity index (χ3n) is 5.96. The minimum absolute atomic E-state index is 0.00633. The molecule has 12 heteroatoms. The monoisotopic (exact) mass is 491 g/mol. The number of likely N-dealkylation sites (N-methyl/N-ethyl adjacent to an activating group) is 1. The number of benzene rings is 1. The van der Waals surface area contributed by atoms with E-state index in [0.29, 0.717) is 29.1 Å². The van der Waals surface area contributed by atoms with Gasteiger partial charge in [0.25, 0.3) is 0 Å². The molecule has 2 aliphatic rings. The van der Waals surface area contributed by atoms with E-state index in [1.165, 1.54) is 21.7 Å². The summed E-state index contributed by atoms with van der Waals surface area (Å²) in [5.41, 5.74) is 1.85. The highest BCUT2D eigenvalue weighted by atomic mass is 32.2. The van der Waals surface area contributed by atoms with Gasteiger partial charge >= 0.3 is 6.09 Å². The molecule has 2 aromatic rings. The van der Waals surface area contributed by atoms with Crippen LogP contribution in [-0.2, 0) is 32.3 Å². The van der Waals surface area contributed by atoms with Gasteiger partial charge in [0.2, 0.25) is 5.91 Å². The molecule has 10 nitrogen and oxygen atoms in total. The zero-order valence-corrected chi connectivity index (χ0v) is 19.8. The van der Waals surface area contributed by atoms with Crippen LogP contribution in [0, 0.1) is 5.82 Å². The van der Waals surface area contributed by atoms with Crippen molar-refractivity contribution in [3.8, 4) is 0 Å². The highest BCUT2D eigenvalue weighted by Crippen LogP contribution is 2.30. The molecule has 182 valence electrons. The molecule has 0 radical (unpaired) electrons. The maximum Gasteiger partial charge on any atom is 0.414 e. The van der Waals surface area contributed by atoms with Crippen LogP contribution in [0.4, 0.5) is 14.9 Å². The summed E-state index contributed by atoms with van der Waals surface area (Å²) in [4.78, 5) is 27.4. The molecular weight excluding hydrogens is 465 g/mol. The van der Waals surface area contributed by atoms with E-state index in [9.17, 15) is 22.4 Å². The molecule has 0 bridgehead atoms. The number of halogens is 1. The molecule has 0 saturated carbocycles. The first-order valence-electron chi connectivity index (χ1n) is 11.0. The Morgan fingerprint density at radius 3 is 2.82 bits per heavy atom. The number of rotatable bonds is 7. The van der Waals surface area contributed by atoms with Gasteiger partial charge in [-0.1, -0.05) is 11.3 Å². The molecule has 1 saturated heterocycles. The Hall–Kier alpha value is -3.28. The van der Waals surface area contributed by atoms with E-state index < -0.39 is 27.9 Å². The van der Waals surface area contributed by atoms with Crippen molar-refractivity contribution in [1.82, 2.24) is 19.9 Å². The van der Waals surface area contributed by atoms with E-state index in [1.807, 2.05) is 6.92 Å². The zero-order chi connectivity index (χ0) is 24.5. The van der Waals surface area contributed by atoms with Crippen LogP contribution >= 0.6 is 0 Å². The molecular formula is C22H26FN5O5S. The Balaban J connectivity index is 1.40. The van der Waals surface area contributed by atoms with Gasteiger partial charge in [0.1, 0.15) is 11.9 Å². The summed E-state index contributed by atoms with van der Waals surface area (Å²) in [5.74, 6) is -0.698. The first-order valence-corrected chi connectivity index (χ1v) is 12.8. The number of amides is 2.